The van der Waals surface area contributed by atoms with E-state index in [4.69, 9.17) is 4.42 Å². The van der Waals surface area contributed by atoms with Crippen LogP contribution in [0.3, 0.4) is 0 Å². The maximum absolute atomic E-state index is 12.7. The van der Waals surface area contributed by atoms with Crippen molar-refractivity contribution in [2.45, 2.75) is 52.4 Å². The molecule has 0 bridgehead atoms. The topological polar surface area (TPSA) is 72.4 Å². The molecule has 0 unspecified atom stereocenters. The molecule has 1 aliphatic rings. The van der Waals surface area contributed by atoms with Crippen molar-refractivity contribution in [1.82, 2.24) is 19.7 Å². The normalized spacial score (nSPS) is 20.1. The van der Waals surface area contributed by atoms with E-state index >= 15 is 0 Å². The van der Waals surface area contributed by atoms with Crippen LogP contribution < -0.4 is 5.32 Å². The average molecular weight is 366 g/mol. The lowest BCUT2D eigenvalue weighted by molar-refractivity contribution is 0.0939. The van der Waals surface area contributed by atoms with Crippen LogP contribution in [0, 0.1) is 26.7 Å². The highest BCUT2D eigenvalue weighted by Crippen LogP contribution is 2.35. The summed E-state index contributed by atoms with van der Waals surface area (Å²) in [4.78, 5) is 21.8. The molecule has 142 valence electrons. The Labute approximate surface area is 159 Å². The number of fused-ring (bicyclic) bond motifs is 1. The van der Waals surface area contributed by atoms with E-state index in [-0.39, 0.29) is 5.91 Å². The summed E-state index contributed by atoms with van der Waals surface area (Å²) in [5, 5.41) is 3.08. The Bertz CT molecular complexity index is 950. The van der Waals surface area contributed by atoms with Gasteiger partial charge in [0.25, 0.3) is 5.91 Å². The van der Waals surface area contributed by atoms with Gasteiger partial charge in [-0.15, -0.1) is 0 Å². The highest BCUT2D eigenvalue weighted by molar-refractivity contribution is 5.98. The maximum Gasteiger partial charge on any atom is 0.273 e. The largest absolute Gasteiger partial charge is 0.469 e. The summed E-state index contributed by atoms with van der Waals surface area (Å²) in [6, 6.07) is 6.02. The monoisotopic (exact) mass is 366 g/mol. The SMILES string of the molecule is Cc1cc(C)n2c(C)nc(C(=O)NCC3CCC(c4ccco4)CC3)c2n1. The van der Waals surface area contributed by atoms with Crippen LogP contribution in [0.2, 0.25) is 0 Å². The first kappa shape index (κ1) is 17.8. The molecule has 6 nitrogen and oxygen atoms in total. The third kappa shape index (κ3) is 3.48. The number of nitrogens with one attached hydrogen (secondary N) is 1. The Balaban J connectivity index is 1.40. The summed E-state index contributed by atoms with van der Waals surface area (Å²) in [6.07, 6.45) is 6.17. The molecule has 6 heteroatoms. The summed E-state index contributed by atoms with van der Waals surface area (Å²) in [5.41, 5.74) is 3.00. The number of aromatic nitrogens is 3. The van der Waals surface area contributed by atoms with Crippen LogP contribution in [0.1, 0.15) is 65.1 Å². The summed E-state index contributed by atoms with van der Waals surface area (Å²) in [6.45, 7) is 6.54. The molecule has 4 rings (SSSR count). The number of furan rings is 1. The first-order chi connectivity index (χ1) is 13.0. The lowest BCUT2D eigenvalue weighted by Gasteiger charge is -2.27. The summed E-state index contributed by atoms with van der Waals surface area (Å²) in [7, 11) is 0. The second kappa shape index (κ2) is 7.18. The number of aryl methyl sites for hydroxylation is 3. The molecule has 3 aromatic heterocycles. The molecule has 0 aliphatic heterocycles. The van der Waals surface area contributed by atoms with Crippen molar-refractivity contribution in [3.05, 3.63) is 53.1 Å². The number of hydrogen-bond acceptors (Lipinski definition) is 4. The molecule has 27 heavy (non-hydrogen) atoms. The first-order valence-corrected chi connectivity index (χ1v) is 9.68. The van der Waals surface area contributed by atoms with Gasteiger partial charge in [-0.1, -0.05) is 0 Å². The minimum absolute atomic E-state index is 0.133. The van der Waals surface area contributed by atoms with Gasteiger partial charge in [0.1, 0.15) is 11.6 Å². The number of imidazole rings is 1. The van der Waals surface area contributed by atoms with Crippen molar-refractivity contribution in [1.29, 1.82) is 0 Å². The minimum atomic E-state index is -0.133. The van der Waals surface area contributed by atoms with Crippen LogP contribution in [0.4, 0.5) is 0 Å². The maximum atomic E-state index is 12.7. The van der Waals surface area contributed by atoms with E-state index in [0.717, 1.165) is 48.7 Å². The van der Waals surface area contributed by atoms with Crippen LogP contribution in [0.25, 0.3) is 5.65 Å². The van der Waals surface area contributed by atoms with Crippen molar-refractivity contribution >= 4 is 11.6 Å². The van der Waals surface area contributed by atoms with E-state index in [1.165, 1.54) is 0 Å². The Morgan fingerprint density at radius 1 is 1.22 bits per heavy atom. The number of nitrogens with zero attached hydrogens (tertiary/aromatic N) is 3. The van der Waals surface area contributed by atoms with Crippen molar-refractivity contribution in [3.63, 3.8) is 0 Å². The van der Waals surface area contributed by atoms with E-state index in [2.05, 4.69) is 21.4 Å². The number of hydrogen-bond donors (Lipinski definition) is 1. The fourth-order valence-corrected chi connectivity index (χ4v) is 4.26. The molecule has 0 saturated heterocycles. The van der Waals surface area contributed by atoms with Gasteiger partial charge in [0.15, 0.2) is 11.3 Å². The standard InChI is InChI=1S/C21H26N4O2/c1-13-11-14(2)25-15(3)24-19(20(25)23-13)21(26)22-12-16-6-8-17(9-7-16)18-5-4-10-27-18/h4-5,10-11,16-17H,6-9,12H2,1-3H3,(H,22,26). The van der Waals surface area contributed by atoms with Gasteiger partial charge in [-0.2, -0.15) is 0 Å². The predicted molar refractivity (Wildman–Crippen MR) is 103 cm³/mol. The van der Waals surface area contributed by atoms with E-state index in [1.54, 1.807) is 6.26 Å². The lowest BCUT2D eigenvalue weighted by atomic mass is 9.81. The Morgan fingerprint density at radius 2 is 2.00 bits per heavy atom. The molecule has 0 aromatic carbocycles. The van der Waals surface area contributed by atoms with Gasteiger partial charge in [0.05, 0.1) is 6.26 Å². The number of amides is 1. The fraction of sp³-hybridized carbons (Fsp3) is 0.476. The van der Waals surface area contributed by atoms with Gasteiger partial charge in [0, 0.05) is 23.9 Å². The molecular weight excluding hydrogens is 340 g/mol. The second-order valence-corrected chi connectivity index (χ2v) is 7.65. The molecule has 1 aliphatic carbocycles. The fourth-order valence-electron chi connectivity index (χ4n) is 4.26. The lowest BCUT2D eigenvalue weighted by Crippen LogP contribution is -2.31. The summed E-state index contributed by atoms with van der Waals surface area (Å²) >= 11 is 0. The molecule has 3 heterocycles. The van der Waals surface area contributed by atoms with E-state index in [0.29, 0.717) is 29.7 Å². The average Bonchev–Trinajstić information content (AvgIpc) is 3.28. The van der Waals surface area contributed by atoms with Crippen LogP contribution in [-0.4, -0.2) is 26.8 Å². The highest BCUT2D eigenvalue weighted by atomic mass is 16.3. The zero-order valence-corrected chi connectivity index (χ0v) is 16.2. The van der Waals surface area contributed by atoms with E-state index in [1.807, 2.05) is 37.3 Å². The van der Waals surface area contributed by atoms with Crippen LogP contribution >= 0.6 is 0 Å². The molecule has 1 saturated carbocycles. The number of carbonyl (C=O) groups excluding carboxylic acids is 1. The second-order valence-electron chi connectivity index (χ2n) is 7.65. The third-order valence-corrected chi connectivity index (χ3v) is 5.63. The number of rotatable bonds is 4. The van der Waals surface area contributed by atoms with Gasteiger partial charge in [0.2, 0.25) is 0 Å². The number of carbonyl (C=O) groups is 1. The van der Waals surface area contributed by atoms with Crippen molar-refractivity contribution in [3.8, 4) is 0 Å². The van der Waals surface area contributed by atoms with Crippen molar-refractivity contribution in [2.24, 2.45) is 5.92 Å². The quantitative estimate of drug-likeness (QED) is 0.759. The molecule has 0 radical (unpaired) electrons. The van der Waals surface area contributed by atoms with Gasteiger partial charge in [-0.25, -0.2) is 9.97 Å². The molecule has 0 spiro atoms. The molecular formula is C21H26N4O2. The molecule has 3 aromatic rings. The Hall–Kier alpha value is -2.63. The zero-order chi connectivity index (χ0) is 19.0. The van der Waals surface area contributed by atoms with Crippen LogP contribution in [-0.2, 0) is 0 Å². The molecule has 1 fully saturated rings. The van der Waals surface area contributed by atoms with Crippen molar-refractivity contribution < 1.29 is 9.21 Å². The molecule has 0 atom stereocenters. The zero-order valence-electron chi connectivity index (χ0n) is 16.2. The van der Waals surface area contributed by atoms with Crippen LogP contribution in [0.15, 0.2) is 28.9 Å². The Kier molecular flexibility index (Phi) is 4.72. The van der Waals surface area contributed by atoms with Crippen LogP contribution in [0.5, 0.6) is 0 Å². The smallest absolute Gasteiger partial charge is 0.273 e. The molecule has 1 N–H and O–H groups in total. The van der Waals surface area contributed by atoms with E-state index in [9.17, 15) is 4.79 Å². The Morgan fingerprint density at radius 3 is 2.70 bits per heavy atom. The van der Waals surface area contributed by atoms with Gasteiger partial charge in [-0.05, 0) is 70.6 Å². The van der Waals surface area contributed by atoms with E-state index < -0.39 is 0 Å². The van der Waals surface area contributed by atoms with Crippen molar-refractivity contribution in [2.75, 3.05) is 6.54 Å². The van der Waals surface area contributed by atoms with Gasteiger partial charge in [-0.3, -0.25) is 9.20 Å². The van der Waals surface area contributed by atoms with Gasteiger partial charge < -0.3 is 9.73 Å². The predicted octanol–water partition coefficient (Wildman–Crippen LogP) is 3.95. The van der Waals surface area contributed by atoms with Gasteiger partial charge >= 0.3 is 0 Å². The minimum Gasteiger partial charge on any atom is -0.469 e. The summed E-state index contributed by atoms with van der Waals surface area (Å²) in [5.74, 6) is 2.77. The molecule has 1 amide bonds. The first-order valence-electron chi connectivity index (χ1n) is 9.68. The highest BCUT2D eigenvalue weighted by Gasteiger charge is 2.25. The third-order valence-electron chi connectivity index (χ3n) is 5.63. The summed E-state index contributed by atoms with van der Waals surface area (Å²) < 4.78 is 7.48.